The third-order valence-corrected chi connectivity index (χ3v) is 5.58. The maximum absolute atomic E-state index is 3.59. The summed E-state index contributed by atoms with van der Waals surface area (Å²) < 4.78 is 0. The topological polar surface area (TPSA) is 15.3 Å². The largest absolute Gasteiger partial charge is 0.382 e. The molecule has 1 saturated heterocycles. The molecule has 1 fully saturated rings. The Morgan fingerprint density at radius 1 is 0.923 bits per heavy atom. The van der Waals surface area contributed by atoms with Crippen LogP contribution in [0.3, 0.4) is 0 Å². The quantitative estimate of drug-likeness (QED) is 0.616. The van der Waals surface area contributed by atoms with Crippen LogP contribution in [0.15, 0.2) is 42.5 Å². The van der Waals surface area contributed by atoms with E-state index in [0.29, 0.717) is 6.04 Å². The van der Waals surface area contributed by atoms with E-state index in [-0.39, 0.29) is 0 Å². The van der Waals surface area contributed by atoms with Crippen LogP contribution >= 0.6 is 11.3 Å². The molecule has 1 aromatic heterocycles. The highest BCUT2D eigenvalue weighted by Gasteiger charge is 2.12. The highest BCUT2D eigenvalue weighted by molar-refractivity contribution is 7.11. The van der Waals surface area contributed by atoms with Gasteiger partial charge in [-0.05, 0) is 57.1 Å². The van der Waals surface area contributed by atoms with Gasteiger partial charge in [-0.2, -0.15) is 0 Å². The molecule has 0 spiro atoms. The van der Waals surface area contributed by atoms with Gasteiger partial charge in [-0.3, -0.25) is 4.90 Å². The highest BCUT2D eigenvalue weighted by atomic mass is 32.1. The number of hydrogen-bond donors (Lipinski definition) is 1. The zero-order valence-electron chi connectivity index (χ0n) is 16.8. The lowest BCUT2D eigenvalue weighted by molar-refractivity contribution is 0.279. The van der Waals surface area contributed by atoms with Crippen LogP contribution in [0.25, 0.3) is 0 Å². The van der Waals surface area contributed by atoms with Gasteiger partial charge in [-0.1, -0.05) is 51.3 Å². The number of benzene rings is 1. The lowest BCUT2D eigenvalue weighted by Gasteiger charge is -2.18. The van der Waals surface area contributed by atoms with Crippen molar-refractivity contribution in [1.29, 1.82) is 0 Å². The van der Waals surface area contributed by atoms with Gasteiger partial charge in [0.05, 0.1) is 0 Å². The van der Waals surface area contributed by atoms with E-state index in [9.17, 15) is 0 Å². The summed E-state index contributed by atoms with van der Waals surface area (Å²) >= 11 is 1.99. The molecule has 3 rings (SSSR count). The van der Waals surface area contributed by atoms with Gasteiger partial charge in [0.1, 0.15) is 0 Å². The van der Waals surface area contributed by atoms with Crippen LogP contribution < -0.4 is 5.32 Å². The van der Waals surface area contributed by atoms with E-state index in [4.69, 9.17) is 0 Å². The lowest BCUT2D eigenvalue weighted by atomic mass is 10.2. The Kier molecular flexibility index (Phi) is 9.80. The minimum absolute atomic E-state index is 0.460. The van der Waals surface area contributed by atoms with Crippen LogP contribution in [0.4, 0.5) is 5.69 Å². The second-order valence-electron chi connectivity index (χ2n) is 7.38. The van der Waals surface area contributed by atoms with E-state index < -0.39 is 0 Å². The van der Waals surface area contributed by atoms with Crippen molar-refractivity contribution in [1.82, 2.24) is 4.90 Å². The maximum Gasteiger partial charge on any atom is 0.0342 e. The minimum Gasteiger partial charge on any atom is -0.382 e. The molecule has 1 atom stereocenters. The van der Waals surface area contributed by atoms with Gasteiger partial charge in [0.25, 0.3) is 0 Å². The molecule has 144 valence electrons. The summed E-state index contributed by atoms with van der Waals surface area (Å²) in [5, 5.41) is 3.59. The summed E-state index contributed by atoms with van der Waals surface area (Å²) in [6.07, 6.45) is 7.91. The number of para-hydroxylation sites is 1. The van der Waals surface area contributed by atoms with Gasteiger partial charge in [-0.15, -0.1) is 11.3 Å². The smallest absolute Gasteiger partial charge is 0.0342 e. The Labute approximate surface area is 164 Å². The molecule has 2 aromatic rings. The van der Waals surface area contributed by atoms with Crippen molar-refractivity contribution in [3.63, 3.8) is 0 Å². The molecule has 0 aliphatic carbocycles. The van der Waals surface area contributed by atoms with Crippen molar-refractivity contribution in [2.45, 2.75) is 71.9 Å². The first-order valence-electron chi connectivity index (χ1n) is 10.3. The van der Waals surface area contributed by atoms with E-state index in [2.05, 4.69) is 73.5 Å². The zero-order valence-corrected chi connectivity index (χ0v) is 17.7. The molecule has 0 radical (unpaired) electrons. The standard InChI is InChI=1S/C20H28N2S.C3H8/c1-17(21-18-9-5-4-6-10-18)15-19-11-12-20(23-19)16-22-13-7-2-3-8-14-22;1-3-2/h4-6,9-12,17,21H,2-3,7-8,13-16H2,1H3;3H2,1-2H3. The Hall–Kier alpha value is -1.32. The Morgan fingerprint density at radius 3 is 2.19 bits per heavy atom. The number of rotatable bonds is 6. The maximum atomic E-state index is 3.59. The number of hydrogen-bond acceptors (Lipinski definition) is 3. The molecule has 1 aliphatic rings. The molecule has 26 heavy (non-hydrogen) atoms. The van der Waals surface area contributed by atoms with Crippen LogP contribution in [0.1, 0.15) is 62.6 Å². The normalized spacial score (nSPS) is 16.3. The van der Waals surface area contributed by atoms with Gasteiger partial charge in [0.15, 0.2) is 0 Å². The number of nitrogens with zero attached hydrogens (tertiary/aromatic N) is 1. The van der Waals surface area contributed by atoms with Crippen LogP contribution in [0, 0.1) is 0 Å². The van der Waals surface area contributed by atoms with Crippen molar-refractivity contribution < 1.29 is 0 Å². The average Bonchev–Trinajstić information content (AvgIpc) is 2.89. The van der Waals surface area contributed by atoms with E-state index in [0.717, 1.165) is 13.0 Å². The molecule has 1 N–H and O–H groups in total. The first-order valence-corrected chi connectivity index (χ1v) is 11.1. The Morgan fingerprint density at radius 2 is 1.54 bits per heavy atom. The van der Waals surface area contributed by atoms with Gasteiger partial charge < -0.3 is 5.32 Å². The molecule has 0 bridgehead atoms. The van der Waals surface area contributed by atoms with E-state index in [1.807, 2.05) is 11.3 Å². The number of anilines is 1. The highest BCUT2D eigenvalue weighted by Crippen LogP contribution is 2.22. The minimum atomic E-state index is 0.460. The molecule has 0 amide bonds. The fourth-order valence-corrected chi connectivity index (χ4v) is 4.49. The van der Waals surface area contributed by atoms with E-state index in [1.165, 1.54) is 60.6 Å². The fourth-order valence-electron chi connectivity index (χ4n) is 3.30. The van der Waals surface area contributed by atoms with Crippen molar-refractivity contribution in [3.8, 4) is 0 Å². The van der Waals surface area contributed by atoms with Gasteiger partial charge in [0.2, 0.25) is 0 Å². The third-order valence-electron chi connectivity index (χ3n) is 4.49. The molecule has 2 heterocycles. The van der Waals surface area contributed by atoms with Crippen LogP contribution in [0.5, 0.6) is 0 Å². The predicted octanol–water partition coefficient (Wildman–Crippen LogP) is 6.58. The number of likely N-dealkylation sites (tertiary alicyclic amines) is 1. The molecule has 1 aromatic carbocycles. The lowest BCUT2D eigenvalue weighted by Crippen LogP contribution is -2.23. The summed E-state index contributed by atoms with van der Waals surface area (Å²) in [4.78, 5) is 5.65. The van der Waals surface area contributed by atoms with Crippen molar-refractivity contribution in [2.75, 3.05) is 18.4 Å². The average molecular weight is 373 g/mol. The van der Waals surface area contributed by atoms with Gasteiger partial charge in [0, 0.05) is 34.4 Å². The monoisotopic (exact) mass is 372 g/mol. The second kappa shape index (κ2) is 12.1. The Bertz CT molecular complexity index is 585. The summed E-state index contributed by atoms with van der Waals surface area (Å²) in [6, 6.07) is 15.6. The molecule has 3 heteroatoms. The number of nitrogens with one attached hydrogen (secondary N) is 1. The van der Waals surface area contributed by atoms with Gasteiger partial charge >= 0.3 is 0 Å². The Balaban J connectivity index is 0.000000758. The molecule has 1 aliphatic heterocycles. The third kappa shape index (κ3) is 7.92. The summed E-state index contributed by atoms with van der Waals surface area (Å²) in [5.74, 6) is 0. The van der Waals surface area contributed by atoms with Gasteiger partial charge in [-0.25, -0.2) is 0 Å². The van der Waals surface area contributed by atoms with Crippen molar-refractivity contribution in [3.05, 3.63) is 52.2 Å². The molecular formula is C23H36N2S. The second-order valence-corrected chi connectivity index (χ2v) is 8.63. The first-order chi connectivity index (χ1) is 12.7. The fraction of sp³-hybridized carbons (Fsp3) is 0.565. The van der Waals surface area contributed by atoms with Crippen molar-refractivity contribution in [2.24, 2.45) is 0 Å². The van der Waals surface area contributed by atoms with Crippen LogP contribution in [0.2, 0.25) is 0 Å². The van der Waals surface area contributed by atoms with E-state index in [1.54, 1.807) is 0 Å². The summed E-state index contributed by atoms with van der Waals surface area (Å²) in [6.45, 7) is 10.2. The van der Waals surface area contributed by atoms with Crippen LogP contribution in [-0.4, -0.2) is 24.0 Å². The SMILES string of the molecule is CC(Cc1ccc(CN2CCCCCC2)s1)Nc1ccccc1.CCC. The first kappa shape index (κ1) is 21.0. The summed E-state index contributed by atoms with van der Waals surface area (Å²) in [5.41, 5.74) is 1.21. The molecule has 0 saturated carbocycles. The number of thiophene rings is 1. The zero-order chi connectivity index (χ0) is 18.6. The van der Waals surface area contributed by atoms with E-state index >= 15 is 0 Å². The molecule has 1 unspecified atom stereocenters. The van der Waals surface area contributed by atoms with Crippen molar-refractivity contribution >= 4 is 17.0 Å². The molecular weight excluding hydrogens is 336 g/mol. The predicted molar refractivity (Wildman–Crippen MR) is 117 cm³/mol. The summed E-state index contributed by atoms with van der Waals surface area (Å²) in [7, 11) is 0. The van der Waals surface area contributed by atoms with Crippen LogP contribution in [-0.2, 0) is 13.0 Å². The molecule has 2 nitrogen and oxygen atoms in total.